The summed E-state index contributed by atoms with van der Waals surface area (Å²) >= 11 is 0. The van der Waals surface area contributed by atoms with Crippen LogP contribution in [0.3, 0.4) is 0 Å². The molecule has 166 valence electrons. The fourth-order valence-corrected chi connectivity index (χ4v) is 3.52. The normalized spacial score (nSPS) is 11.6. The molecule has 2 N–H and O–H groups in total. The Morgan fingerprint density at radius 2 is 1.69 bits per heavy atom. The number of benzene rings is 2. The van der Waals surface area contributed by atoms with Gasteiger partial charge in [-0.05, 0) is 73.2 Å². The van der Waals surface area contributed by atoms with Gasteiger partial charge < -0.3 is 5.73 Å². The third kappa shape index (κ3) is 6.11. The predicted octanol–water partition coefficient (Wildman–Crippen LogP) is 5.65. The van der Waals surface area contributed by atoms with Gasteiger partial charge in [-0.3, -0.25) is 9.98 Å². The van der Waals surface area contributed by atoms with E-state index in [1.165, 1.54) is 16.7 Å². The Bertz CT molecular complexity index is 1040. The molecule has 0 spiro atoms. The van der Waals surface area contributed by atoms with Crippen molar-refractivity contribution in [1.29, 1.82) is 0 Å². The maximum Gasteiger partial charge on any atom is 0.122 e. The monoisotopic (exact) mass is 427 g/mol. The number of pyridine rings is 1. The molecule has 0 amide bonds. The van der Waals surface area contributed by atoms with Crippen LogP contribution in [-0.2, 0) is 6.42 Å². The van der Waals surface area contributed by atoms with Gasteiger partial charge in [0.2, 0.25) is 0 Å². The van der Waals surface area contributed by atoms with Crippen molar-refractivity contribution in [3.8, 4) is 11.3 Å². The molecule has 0 saturated heterocycles. The molecule has 3 aromatic rings. The van der Waals surface area contributed by atoms with Gasteiger partial charge >= 0.3 is 0 Å². The summed E-state index contributed by atoms with van der Waals surface area (Å²) in [6.45, 7) is 11.4. The number of anilines is 1. The number of nitrogens with two attached hydrogens (primary N) is 1. The summed E-state index contributed by atoms with van der Waals surface area (Å²) in [6, 6.07) is 21.3. The Labute approximate surface area is 191 Å². The van der Waals surface area contributed by atoms with Crippen LogP contribution in [0.4, 0.5) is 5.69 Å². The molecule has 0 bridgehead atoms. The van der Waals surface area contributed by atoms with Crippen molar-refractivity contribution >= 4 is 18.2 Å². The Hall–Kier alpha value is -3.31. The quantitative estimate of drug-likeness (QED) is 0.208. The number of hydrogen-bond acceptors (Lipinski definition) is 4. The lowest BCUT2D eigenvalue weighted by molar-refractivity contribution is 0.840. The Morgan fingerprint density at radius 1 is 1.03 bits per heavy atom. The molecule has 5 heteroatoms. The highest BCUT2D eigenvalue weighted by molar-refractivity contribution is 5.95. The lowest BCUT2D eigenvalue weighted by Crippen LogP contribution is -2.22. The Morgan fingerprint density at radius 3 is 2.28 bits per heavy atom. The third-order valence-corrected chi connectivity index (χ3v) is 5.44. The smallest absolute Gasteiger partial charge is 0.122 e. The molecule has 1 heterocycles. The maximum atomic E-state index is 5.55. The molecule has 0 aliphatic carbocycles. The summed E-state index contributed by atoms with van der Waals surface area (Å²) in [5.74, 6) is 1.30. The SMILES string of the molecule is C=NN(/C(C)=N\CCCN)c1ccc(Cc2ccc(-c3cc(C(C)C)ccn3)cc2)cc1. The largest absolute Gasteiger partial charge is 0.330 e. The predicted molar refractivity (Wildman–Crippen MR) is 137 cm³/mol. The summed E-state index contributed by atoms with van der Waals surface area (Å²) in [5.41, 5.74) is 12.5. The van der Waals surface area contributed by atoms with Crippen LogP contribution in [0, 0.1) is 0 Å². The standard InChI is InChI=1S/C27H33N5/c1-20(2)25-14-17-31-27(19-25)24-10-6-22(7-11-24)18-23-8-12-26(13-9-23)32(29-4)21(3)30-16-5-15-28/h6-14,17,19-20H,4-5,15-16,18,28H2,1-3H3/b30-21-. The first-order valence-electron chi connectivity index (χ1n) is 11.1. The molecular formula is C27H33N5. The minimum absolute atomic E-state index is 0.493. The molecule has 3 rings (SSSR count). The molecule has 0 atom stereocenters. The topological polar surface area (TPSA) is 66.9 Å². The summed E-state index contributed by atoms with van der Waals surface area (Å²) in [7, 11) is 0. The molecule has 0 fully saturated rings. The third-order valence-electron chi connectivity index (χ3n) is 5.44. The van der Waals surface area contributed by atoms with E-state index < -0.39 is 0 Å². The fraction of sp³-hybridized carbons (Fsp3) is 0.296. The van der Waals surface area contributed by atoms with E-state index in [0.717, 1.165) is 35.6 Å². The van der Waals surface area contributed by atoms with Gasteiger partial charge in [-0.2, -0.15) is 5.10 Å². The van der Waals surface area contributed by atoms with E-state index in [9.17, 15) is 0 Å². The molecule has 32 heavy (non-hydrogen) atoms. The van der Waals surface area contributed by atoms with E-state index >= 15 is 0 Å². The first-order chi connectivity index (χ1) is 15.5. The van der Waals surface area contributed by atoms with Gasteiger partial charge in [0.1, 0.15) is 5.84 Å². The first-order valence-corrected chi connectivity index (χ1v) is 11.1. The van der Waals surface area contributed by atoms with Gasteiger partial charge in [0, 0.05) is 25.0 Å². The number of aromatic nitrogens is 1. The van der Waals surface area contributed by atoms with Crippen LogP contribution < -0.4 is 10.7 Å². The van der Waals surface area contributed by atoms with Gasteiger partial charge in [-0.15, -0.1) is 0 Å². The number of rotatable bonds is 9. The number of hydrogen-bond donors (Lipinski definition) is 1. The summed E-state index contributed by atoms with van der Waals surface area (Å²) in [4.78, 5) is 9.07. The van der Waals surface area contributed by atoms with Crippen LogP contribution in [0.15, 0.2) is 77.0 Å². The highest BCUT2D eigenvalue weighted by atomic mass is 15.5. The van der Waals surface area contributed by atoms with Gasteiger partial charge in [0.15, 0.2) is 0 Å². The second kappa shape index (κ2) is 11.3. The zero-order valence-corrected chi connectivity index (χ0v) is 19.3. The van der Waals surface area contributed by atoms with Crippen molar-refractivity contribution in [1.82, 2.24) is 4.98 Å². The van der Waals surface area contributed by atoms with Gasteiger partial charge in [-0.1, -0.05) is 50.2 Å². The van der Waals surface area contributed by atoms with Crippen LogP contribution in [0.5, 0.6) is 0 Å². The van der Waals surface area contributed by atoms with Gasteiger partial charge in [-0.25, -0.2) is 5.01 Å². The molecule has 0 aliphatic heterocycles. The molecule has 0 saturated carbocycles. The van der Waals surface area contributed by atoms with Gasteiger partial charge in [0.25, 0.3) is 0 Å². The molecule has 0 aliphatic rings. The zero-order valence-electron chi connectivity index (χ0n) is 19.3. The maximum absolute atomic E-state index is 5.55. The highest BCUT2D eigenvalue weighted by Gasteiger charge is 2.08. The molecule has 1 aromatic heterocycles. The van der Waals surface area contributed by atoms with Crippen molar-refractivity contribution in [2.24, 2.45) is 15.8 Å². The Balaban J connectivity index is 1.68. The van der Waals surface area contributed by atoms with E-state index in [1.807, 2.05) is 13.1 Å². The minimum Gasteiger partial charge on any atom is -0.330 e. The van der Waals surface area contributed by atoms with Crippen molar-refractivity contribution in [3.63, 3.8) is 0 Å². The molecule has 0 unspecified atom stereocenters. The van der Waals surface area contributed by atoms with Crippen molar-refractivity contribution in [2.45, 2.75) is 39.5 Å². The van der Waals surface area contributed by atoms with E-state index in [1.54, 1.807) is 5.01 Å². The molecule has 5 nitrogen and oxygen atoms in total. The highest BCUT2D eigenvalue weighted by Crippen LogP contribution is 2.23. The van der Waals surface area contributed by atoms with E-state index in [2.05, 4.69) is 96.3 Å². The second-order valence-electron chi connectivity index (χ2n) is 8.19. The van der Waals surface area contributed by atoms with Crippen LogP contribution >= 0.6 is 0 Å². The lowest BCUT2D eigenvalue weighted by atomic mass is 9.99. The van der Waals surface area contributed by atoms with Crippen LogP contribution in [0.25, 0.3) is 11.3 Å². The Kier molecular flexibility index (Phi) is 8.28. The fourth-order valence-electron chi connectivity index (χ4n) is 3.52. The number of aliphatic imine (C=N–C) groups is 1. The average molecular weight is 428 g/mol. The van der Waals surface area contributed by atoms with Crippen molar-refractivity contribution < 1.29 is 0 Å². The molecule has 2 aromatic carbocycles. The number of amidine groups is 1. The summed E-state index contributed by atoms with van der Waals surface area (Å²) in [6.07, 6.45) is 3.62. The second-order valence-corrected chi connectivity index (χ2v) is 8.19. The number of nitrogens with zero attached hydrogens (tertiary/aromatic N) is 4. The van der Waals surface area contributed by atoms with E-state index in [4.69, 9.17) is 5.73 Å². The van der Waals surface area contributed by atoms with Crippen LogP contribution in [-0.4, -0.2) is 30.6 Å². The number of hydrazone groups is 1. The summed E-state index contributed by atoms with van der Waals surface area (Å²) in [5, 5.41) is 5.88. The minimum atomic E-state index is 0.493. The van der Waals surface area contributed by atoms with E-state index in [0.29, 0.717) is 19.0 Å². The van der Waals surface area contributed by atoms with Crippen LogP contribution in [0.1, 0.15) is 49.8 Å². The average Bonchev–Trinajstić information content (AvgIpc) is 2.81. The molecular weight excluding hydrogens is 394 g/mol. The summed E-state index contributed by atoms with van der Waals surface area (Å²) < 4.78 is 0. The van der Waals surface area contributed by atoms with E-state index in [-0.39, 0.29) is 0 Å². The van der Waals surface area contributed by atoms with Crippen molar-refractivity contribution in [3.05, 3.63) is 83.6 Å². The van der Waals surface area contributed by atoms with Crippen LogP contribution in [0.2, 0.25) is 0 Å². The lowest BCUT2D eigenvalue weighted by Gasteiger charge is -2.18. The zero-order chi connectivity index (χ0) is 22.9. The molecule has 0 radical (unpaired) electrons. The van der Waals surface area contributed by atoms with Crippen molar-refractivity contribution in [2.75, 3.05) is 18.1 Å². The first kappa shape index (κ1) is 23.4. The van der Waals surface area contributed by atoms with Gasteiger partial charge in [0.05, 0.1) is 11.4 Å².